The van der Waals surface area contributed by atoms with E-state index < -0.39 is 15.8 Å². The molecule has 0 radical (unpaired) electrons. The number of nitrogens with one attached hydrogen (secondary N) is 1. The molecule has 0 fully saturated rings. The van der Waals surface area contributed by atoms with Gasteiger partial charge in [-0.15, -0.1) is 0 Å². The third-order valence-electron chi connectivity index (χ3n) is 2.67. The summed E-state index contributed by atoms with van der Waals surface area (Å²) in [6.45, 7) is 1.84. The van der Waals surface area contributed by atoms with Crippen molar-refractivity contribution in [3.8, 4) is 0 Å². The van der Waals surface area contributed by atoms with Crippen LogP contribution in [0.5, 0.6) is 0 Å². The summed E-state index contributed by atoms with van der Waals surface area (Å²) in [5.41, 5.74) is 6.71. The summed E-state index contributed by atoms with van der Waals surface area (Å²) in [5.74, 6) is -0.582. The van der Waals surface area contributed by atoms with Crippen LogP contribution < -0.4 is 10.5 Å². The molecule has 0 bridgehead atoms. The van der Waals surface area contributed by atoms with Crippen LogP contribution >= 0.6 is 15.9 Å². The van der Waals surface area contributed by atoms with Gasteiger partial charge in [-0.25, -0.2) is 12.8 Å². The lowest BCUT2D eigenvalue weighted by Crippen LogP contribution is -2.15. The molecule has 0 spiro atoms. The number of hydrogen-bond acceptors (Lipinski definition) is 3. The van der Waals surface area contributed by atoms with Gasteiger partial charge in [0.05, 0.1) is 5.69 Å². The topological polar surface area (TPSA) is 72.2 Å². The maximum absolute atomic E-state index is 13.0. The zero-order valence-electron chi connectivity index (χ0n) is 10.5. The van der Waals surface area contributed by atoms with Crippen LogP contribution in [0.3, 0.4) is 0 Å². The Kier molecular flexibility index (Phi) is 4.01. The first-order chi connectivity index (χ1) is 9.29. The number of rotatable bonds is 3. The number of halogens is 2. The summed E-state index contributed by atoms with van der Waals surface area (Å²) in [5, 5.41) is 0. The van der Waals surface area contributed by atoms with E-state index in [9.17, 15) is 12.8 Å². The first-order valence-corrected chi connectivity index (χ1v) is 7.91. The molecular weight excluding hydrogens is 347 g/mol. The van der Waals surface area contributed by atoms with Gasteiger partial charge in [-0.3, -0.25) is 4.72 Å². The predicted molar refractivity (Wildman–Crippen MR) is 80.5 cm³/mol. The zero-order chi connectivity index (χ0) is 14.9. The lowest BCUT2D eigenvalue weighted by molar-refractivity contribution is 0.600. The maximum Gasteiger partial charge on any atom is 0.263 e. The van der Waals surface area contributed by atoms with Gasteiger partial charge in [-0.2, -0.15) is 0 Å². The summed E-state index contributed by atoms with van der Waals surface area (Å²) in [6, 6.07) is 8.20. The highest BCUT2D eigenvalue weighted by molar-refractivity contribution is 9.10. The SMILES string of the molecule is Cc1cc(NS(=O)(=O)c2ccc(F)cc2N)ccc1Br. The molecule has 0 unspecified atom stereocenters. The van der Waals surface area contributed by atoms with Gasteiger partial charge in [-0.05, 0) is 48.9 Å². The van der Waals surface area contributed by atoms with E-state index in [0.29, 0.717) is 5.69 Å². The van der Waals surface area contributed by atoms with Crippen LogP contribution in [0.4, 0.5) is 15.8 Å². The van der Waals surface area contributed by atoms with Gasteiger partial charge in [0.1, 0.15) is 10.7 Å². The first kappa shape index (κ1) is 14.8. The highest BCUT2D eigenvalue weighted by atomic mass is 79.9. The Morgan fingerprint density at radius 1 is 1.20 bits per heavy atom. The molecule has 0 aromatic heterocycles. The van der Waals surface area contributed by atoms with Gasteiger partial charge in [0, 0.05) is 10.2 Å². The monoisotopic (exact) mass is 358 g/mol. The molecule has 0 aliphatic rings. The highest BCUT2D eigenvalue weighted by Gasteiger charge is 2.18. The fourth-order valence-electron chi connectivity index (χ4n) is 1.68. The molecule has 0 saturated heterocycles. The molecule has 2 aromatic carbocycles. The zero-order valence-corrected chi connectivity index (χ0v) is 12.9. The standard InChI is InChI=1S/C13H12BrFN2O2S/c1-8-6-10(3-4-11(8)14)17-20(18,19)13-5-2-9(15)7-12(13)16/h2-7,17H,16H2,1H3. The number of nitrogen functional groups attached to an aromatic ring is 1. The second-order valence-electron chi connectivity index (χ2n) is 4.25. The Morgan fingerprint density at radius 3 is 2.50 bits per heavy atom. The first-order valence-electron chi connectivity index (χ1n) is 5.63. The van der Waals surface area contributed by atoms with Crippen molar-refractivity contribution in [2.75, 3.05) is 10.5 Å². The van der Waals surface area contributed by atoms with E-state index in [4.69, 9.17) is 5.73 Å². The van der Waals surface area contributed by atoms with Crippen molar-refractivity contribution in [2.45, 2.75) is 11.8 Å². The quantitative estimate of drug-likeness (QED) is 0.827. The predicted octanol–water partition coefficient (Wildman–Crippen LogP) is 3.28. The Hall–Kier alpha value is -1.60. The number of nitrogens with two attached hydrogens (primary N) is 1. The molecule has 0 aliphatic heterocycles. The number of sulfonamides is 1. The summed E-state index contributed by atoms with van der Waals surface area (Å²) in [6.07, 6.45) is 0. The molecule has 3 N–H and O–H groups in total. The molecule has 7 heteroatoms. The average Bonchev–Trinajstić information content (AvgIpc) is 2.33. The molecule has 2 aromatic rings. The Labute approximate surface area is 125 Å². The lowest BCUT2D eigenvalue weighted by atomic mass is 10.2. The third kappa shape index (κ3) is 3.10. The fourth-order valence-corrected chi connectivity index (χ4v) is 3.09. The van der Waals surface area contributed by atoms with Gasteiger partial charge in [-0.1, -0.05) is 15.9 Å². The minimum Gasteiger partial charge on any atom is -0.398 e. The molecule has 0 heterocycles. The molecule has 0 saturated carbocycles. The summed E-state index contributed by atoms with van der Waals surface area (Å²) in [7, 11) is -3.85. The summed E-state index contributed by atoms with van der Waals surface area (Å²) < 4.78 is 40.7. The van der Waals surface area contributed by atoms with Crippen LogP contribution in [0.25, 0.3) is 0 Å². The highest BCUT2D eigenvalue weighted by Crippen LogP contribution is 2.25. The molecule has 0 amide bonds. The van der Waals surface area contributed by atoms with E-state index in [0.717, 1.165) is 28.2 Å². The van der Waals surface area contributed by atoms with Crippen LogP contribution in [-0.2, 0) is 10.0 Å². The van der Waals surface area contributed by atoms with Crippen molar-refractivity contribution in [1.82, 2.24) is 0 Å². The van der Waals surface area contributed by atoms with Crippen molar-refractivity contribution in [3.63, 3.8) is 0 Å². The normalized spacial score (nSPS) is 11.3. The Morgan fingerprint density at radius 2 is 1.90 bits per heavy atom. The summed E-state index contributed by atoms with van der Waals surface area (Å²) in [4.78, 5) is -0.153. The van der Waals surface area contributed by atoms with Crippen molar-refractivity contribution in [2.24, 2.45) is 0 Å². The van der Waals surface area contributed by atoms with Crippen LogP contribution in [0.15, 0.2) is 45.8 Å². The number of aryl methyl sites for hydroxylation is 1. The van der Waals surface area contributed by atoms with E-state index in [1.54, 1.807) is 18.2 Å². The fraction of sp³-hybridized carbons (Fsp3) is 0.0769. The Bertz CT molecular complexity index is 763. The van der Waals surface area contributed by atoms with Gasteiger partial charge >= 0.3 is 0 Å². The maximum atomic E-state index is 13.0. The van der Waals surface area contributed by atoms with Gasteiger partial charge in [0.25, 0.3) is 10.0 Å². The van der Waals surface area contributed by atoms with Gasteiger partial charge in [0.2, 0.25) is 0 Å². The van der Waals surface area contributed by atoms with E-state index in [1.807, 2.05) is 6.92 Å². The number of benzene rings is 2. The van der Waals surface area contributed by atoms with Crippen LogP contribution in [0.1, 0.15) is 5.56 Å². The molecule has 4 nitrogen and oxygen atoms in total. The molecule has 2 rings (SSSR count). The molecular formula is C13H12BrFN2O2S. The molecule has 20 heavy (non-hydrogen) atoms. The smallest absolute Gasteiger partial charge is 0.263 e. The van der Waals surface area contributed by atoms with E-state index in [-0.39, 0.29) is 10.6 Å². The van der Waals surface area contributed by atoms with Crippen LogP contribution in [0.2, 0.25) is 0 Å². The number of anilines is 2. The molecule has 0 atom stereocenters. The second-order valence-corrected chi connectivity index (χ2v) is 6.76. The Balaban J connectivity index is 2.38. The van der Waals surface area contributed by atoms with Crippen molar-refractivity contribution >= 4 is 37.3 Å². The van der Waals surface area contributed by atoms with E-state index in [1.165, 1.54) is 0 Å². The van der Waals surface area contributed by atoms with Crippen molar-refractivity contribution in [3.05, 3.63) is 52.3 Å². The average molecular weight is 359 g/mol. The molecule has 0 aliphatic carbocycles. The molecule has 106 valence electrons. The van der Waals surface area contributed by atoms with Crippen LogP contribution in [0, 0.1) is 12.7 Å². The third-order valence-corrected chi connectivity index (χ3v) is 5.02. The van der Waals surface area contributed by atoms with Crippen molar-refractivity contribution < 1.29 is 12.8 Å². The minimum atomic E-state index is -3.85. The van der Waals surface area contributed by atoms with Crippen LogP contribution in [-0.4, -0.2) is 8.42 Å². The van der Waals surface area contributed by atoms with E-state index >= 15 is 0 Å². The second kappa shape index (κ2) is 5.41. The van der Waals surface area contributed by atoms with Gasteiger partial charge < -0.3 is 5.73 Å². The summed E-state index contributed by atoms with van der Waals surface area (Å²) >= 11 is 3.33. The minimum absolute atomic E-state index is 0.133. The number of hydrogen-bond donors (Lipinski definition) is 2. The van der Waals surface area contributed by atoms with Crippen molar-refractivity contribution in [1.29, 1.82) is 0 Å². The van der Waals surface area contributed by atoms with E-state index in [2.05, 4.69) is 20.7 Å². The largest absolute Gasteiger partial charge is 0.398 e. The van der Waals surface area contributed by atoms with Gasteiger partial charge in [0.15, 0.2) is 0 Å². The lowest BCUT2D eigenvalue weighted by Gasteiger charge is -2.11.